The molecule has 5 nitrogen and oxygen atoms in total. The largest absolute Gasteiger partial charge is 0.476 e. The van der Waals surface area contributed by atoms with Crippen molar-refractivity contribution >= 4 is 22.4 Å². The van der Waals surface area contributed by atoms with Crippen LogP contribution in [0.3, 0.4) is 0 Å². The Morgan fingerprint density at radius 1 is 1.71 bits per heavy atom. The predicted octanol–water partition coefficient (Wildman–Crippen LogP) is 0.412. The lowest BCUT2D eigenvalue weighted by molar-refractivity contribution is 0.0691. The molecule has 0 radical (unpaired) electrons. The highest BCUT2D eigenvalue weighted by Crippen LogP contribution is 2.24. The number of carbonyl (C=O) groups is 1. The molecule has 0 amide bonds. The fourth-order valence-corrected chi connectivity index (χ4v) is 2.26. The zero-order valence-electron chi connectivity index (χ0n) is 7.38. The Bertz CT molecular complexity index is 352. The van der Waals surface area contributed by atoms with E-state index < -0.39 is 5.97 Å². The first-order chi connectivity index (χ1) is 6.66. The molecule has 2 N–H and O–H groups in total. The van der Waals surface area contributed by atoms with Crippen LogP contribution in [-0.4, -0.2) is 40.4 Å². The third-order valence-corrected chi connectivity index (χ3v) is 3.05. The topological polar surface area (TPSA) is 73.7 Å². The molecule has 2 heterocycles. The smallest absolute Gasteiger partial charge is 0.355 e. The van der Waals surface area contributed by atoms with Crippen molar-refractivity contribution in [1.82, 2.24) is 4.98 Å². The number of hydrogen-bond donors (Lipinski definition) is 2. The summed E-state index contributed by atoms with van der Waals surface area (Å²) in [7, 11) is 0. The van der Waals surface area contributed by atoms with Gasteiger partial charge in [0, 0.05) is 18.5 Å². The number of nitrogens with zero attached hydrogens (tertiary/aromatic N) is 2. The number of anilines is 1. The van der Waals surface area contributed by atoms with Gasteiger partial charge in [-0.05, 0) is 6.42 Å². The van der Waals surface area contributed by atoms with E-state index in [1.807, 2.05) is 4.90 Å². The van der Waals surface area contributed by atoms with Crippen LogP contribution in [0.2, 0.25) is 0 Å². The summed E-state index contributed by atoms with van der Waals surface area (Å²) in [6.45, 7) is 1.29. The second-order valence-corrected chi connectivity index (χ2v) is 4.05. The first kappa shape index (κ1) is 9.42. The molecule has 0 spiro atoms. The number of carboxylic acid groups (broad SMARTS) is 1. The molecule has 0 unspecified atom stereocenters. The van der Waals surface area contributed by atoms with Crippen LogP contribution < -0.4 is 4.90 Å². The minimum Gasteiger partial charge on any atom is -0.476 e. The minimum absolute atomic E-state index is 0.0754. The van der Waals surface area contributed by atoms with Crippen molar-refractivity contribution in [2.45, 2.75) is 12.5 Å². The number of carboxylic acids is 1. The standard InChI is InChI=1S/C8H10N2O3S/c11-5-1-2-10(3-5)8-9-6(4-14-8)7(12)13/h4-5,11H,1-3H2,(H,12,13)/t5-/m0/s1. The van der Waals surface area contributed by atoms with Crippen molar-refractivity contribution in [3.63, 3.8) is 0 Å². The van der Waals surface area contributed by atoms with Crippen LogP contribution >= 0.6 is 11.3 Å². The van der Waals surface area contributed by atoms with Crippen molar-refractivity contribution in [1.29, 1.82) is 0 Å². The summed E-state index contributed by atoms with van der Waals surface area (Å²) < 4.78 is 0. The number of aliphatic hydroxyl groups is 1. The summed E-state index contributed by atoms with van der Waals surface area (Å²) in [5, 5.41) is 20.2. The van der Waals surface area contributed by atoms with Crippen molar-refractivity contribution in [2.75, 3.05) is 18.0 Å². The van der Waals surface area contributed by atoms with E-state index in [0.717, 1.165) is 13.0 Å². The van der Waals surface area contributed by atoms with Gasteiger partial charge in [-0.2, -0.15) is 0 Å². The lowest BCUT2D eigenvalue weighted by Gasteiger charge is -2.12. The molecule has 1 aliphatic heterocycles. The van der Waals surface area contributed by atoms with E-state index in [4.69, 9.17) is 5.11 Å². The Hall–Kier alpha value is -1.14. The predicted molar refractivity (Wildman–Crippen MR) is 51.9 cm³/mol. The zero-order chi connectivity index (χ0) is 10.1. The van der Waals surface area contributed by atoms with E-state index in [1.54, 1.807) is 0 Å². The molecular weight excluding hydrogens is 204 g/mol. The van der Waals surface area contributed by atoms with E-state index >= 15 is 0 Å². The van der Waals surface area contributed by atoms with Gasteiger partial charge in [0.15, 0.2) is 10.8 Å². The molecule has 6 heteroatoms. The highest BCUT2D eigenvalue weighted by Gasteiger charge is 2.23. The fraction of sp³-hybridized carbons (Fsp3) is 0.500. The zero-order valence-corrected chi connectivity index (χ0v) is 8.20. The molecule has 1 aromatic heterocycles. The SMILES string of the molecule is O=C(O)c1csc(N2CC[C@H](O)C2)n1. The van der Waals surface area contributed by atoms with E-state index in [0.29, 0.717) is 11.7 Å². The Kier molecular flexibility index (Phi) is 2.39. The summed E-state index contributed by atoms with van der Waals surface area (Å²) in [6, 6.07) is 0. The second kappa shape index (κ2) is 3.55. The van der Waals surface area contributed by atoms with E-state index in [1.165, 1.54) is 16.7 Å². The summed E-state index contributed by atoms with van der Waals surface area (Å²) >= 11 is 1.30. The van der Waals surface area contributed by atoms with Gasteiger partial charge in [-0.15, -0.1) is 11.3 Å². The van der Waals surface area contributed by atoms with E-state index in [9.17, 15) is 9.90 Å². The molecule has 1 aliphatic rings. The van der Waals surface area contributed by atoms with Gasteiger partial charge in [0.25, 0.3) is 0 Å². The molecule has 14 heavy (non-hydrogen) atoms. The number of β-amino-alcohol motifs (C(OH)–C–C–N with tert-alkyl or cyclic N) is 1. The van der Waals surface area contributed by atoms with Gasteiger partial charge < -0.3 is 15.1 Å². The summed E-state index contributed by atoms with van der Waals surface area (Å²) in [4.78, 5) is 16.4. The van der Waals surface area contributed by atoms with Crippen LogP contribution in [0.5, 0.6) is 0 Å². The third kappa shape index (κ3) is 1.71. The number of aliphatic hydroxyl groups excluding tert-OH is 1. The van der Waals surface area contributed by atoms with Crippen LogP contribution in [0, 0.1) is 0 Å². The average molecular weight is 214 g/mol. The summed E-state index contributed by atoms with van der Waals surface area (Å²) in [5.41, 5.74) is 0.0754. The van der Waals surface area contributed by atoms with Crippen LogP contribution in [0.15, 0.2) is 5.38 Å². The van der Waals surface area contributed by atoms with Crippen LogP contribution in [-0.2, 0) is 0 Å². The average Bonchev–Trinajstić information content (AvgIpc) is 2.70. The van der Waals surface area contributed by atoms with Gasteiger partial charge in [-0.3, -0.25) is 0 Å². The Labute approximate surface area is 84.6 Å². The molecule has 76 valence electrons. The quantitative estimate of drug-likeness (QED) is 0.746. The number of rotatable bonds is 2. The van der Waals surface area contributed by atoms with Crippen LogP contribution in [0.1, 0.15) is 16.9 Å². The normalized spacial score (nSPS) is 21.5. The molecule has 0 aliphatic carbocycles. The molecule has 1 aromatic rings. The lowest BCUT2D eigenvalue weighted by Crippen LogP contribution is -2.21. The summed E-state index contributed by atoms with van der Waals surface area (Å²) in [5.74, 6) is -1.01. The molecule has 0 bridgehead atoms. The highest BCUT2D eigenvalue weighted by atomic mass is 32.1. The maximum Gasteiger partial charge on any atom is 0.355 e. The molecule has 1 fully saturated rings. The van der Waals surface area contributed by atoms with Gasteiger partial charge in [-0.1, -0.05) is 0 Å². The Morgan fingerprint density at radius 3 is 3.00 bits per heavy atom. The minimum atomic E-state index is -1.01. The second-order valence-electron chi connectivity index (χ2n) is 3.21. The molecule has 0 saturated carbocycles. The van der Waals surface area contributed by atoms with Gasteiger partial charge in [0.05, 0.1) is 6.10 Å². The van der Waals surface area contributed by atoms with E-state index in [-0.39, 0.29) is 11.8 Å². The lowest BCUT2D eigenvalue weighted by atomic mass is 10.3. The monoisotopic (exact) mass is 214 g/mol. The van der Waals surface area contributed by atoms with Crippen LogP contribution in [0.25, 0.3) is 0 Å². The van der Waals surface area contributed by atoms with Gasteiger partial charge in [0.2, 0.25) is 0 Å². The molecular formula is C8H10N2O3S. The number of aromatic nitrogens is 1. The van der Waals surface area contributed by atoms with Gasteiger partial charge in [0.1, 0.15) is 0 Å². The summed E-state index contributed by atoms with van der Waals surface area (Å²) in [6.07, 6.45) is 0.411. The molecule has 2 rings (SSSR count). The fourth-order valence-electron chi connectivity index (χ4n) is 1.42. The van der Waals surface area contributed by atoms with E-state index in [2.05, 4.69) is 4.98 Å². The first-order valence-electron chi connectivity index (χ1n) is 4.28. The third-order valence-electron chi connectivity index (χ3n) is 2.15. The van der Waals surface area contributed by atoms with Gasteiger partial charge in [-0.25, -0.2) is 9.78 Å². The molecule has 1 atom stereocenters. The van der Waals surface area contributed by atoms with Crippen molar-refractivity contribution in [3.8, 4) is 0 Å². The maximum atomic E-state index is 10.6. The Balaban J connectivity index is 2.13. The molecule has 0 aromatic carbocycles. The number of aromatic carboxylic acids is 1. The Morgan fingerprint density at radius 2 is 2.50 bits per heavy atom. The van der Waals surface area contributed by atoms with Crippen molar-refractivity contribution < 1.29 is 15.0 Å². The van der Waals surface area contributed by atoms with Crippen LogP contribution in [0.4, 0.5) is 5.13 Å². The maximum absolute atomic E-state index is 10.6. The van der Waals surface area contributed by atoms with Gasteiger partial charge >= 0.3 is 5.97 Å². The number of hydrogen-bond acceptors (Lipinski definition) is 5. The van der Waals surface area contributed by atoms with Crippen molar-refractivity contribution in [2.24, 2.45) is 0 Å². The molecule has 1 saturated heterocycles. The number of thiazole rings is 1. The van der Waals surface area contributed by atoms with Crippen molar-refractivity contribution in [3.05, 3.63) is 11.1 Å². The highest BCUT2D eigenvalue weighted by molar-refractivity contribution is 7.13. The first-order valence-corrected chi connectivity index (χ1v) is 5.16.